The van der Waals surface area contributed by atoms with E-state index in [1.807, 2.05) is 30.3 Å². The standard InChI is InChI=1S/C34H32F3N5O6S/c35-34(36,37)48-26-7-3-24(4-8-26)20-45-25-5-1-22(2-6-25)17-23-11-14-40(15-12-23)33-38-29-10-9-27(18-30(29)49-33)46-21-28-13-16-41-19-31(42(43)44)39-32(41)47-28/h1-10,18-19,23,28H,11-17,20-21H2/t28-/m1/s1. The summed E-state index contributed by atoms with van der Waals surface area (Å²) in [5.41, 5.74) is 2.90. The van der Waals surface area contributed by atoms with Gasteiger partial charge in [-0.2, -0.15) is 0 Å². The van der Waals surface area contributed by atoms with Crippen molar-refractivity contribution < 1.29 is 37.0 Å². The molecule has 0 saturated carbocycles. The minimum absolute atomic E-state index is 0.224. The predicted molar refractivity (Wildman–Crippen MR) is 176 cm³/mol. The van der Waals surface area contributed by atoms with Gasteiger partial charge in [-0.15, -0.1) is 13.2 Å². The zero-order chi connectivity index (χ0) is 34.0. The van der Waals surface area contributed by atoms with Gasteiger partial charge < -0.3 is 34.0 Å². The lowest BCUT2D eigenvalue weighted by molar-refractivity contribution is -0.389. The Morgan fingerprint density at radius 2 is 1.61 bits per heavy atom. The van der Waals surface area contributed by atoms with Crippen molar-refractivity contribution in [1.82, 2.24) is 14.5 Å². The van der Waals surface area contributed by atoms with Crippen molar-refractivity contribution in [3.63, 3.8) is 0 Å². The lowest BCUT2D eigenvalue weighted by Gasteiger charge is -2.31. The number of imidazole rings is 1. The summed E-state index contributed by atoms with van der Waals surface area (Å²) in [6, 6.07) is 19.7. The summed E-state index contributed by atoms with van der Waals surface area (Å²) >= 11 is 1.65. The maximum atomic E-state index is 12.4. The Morgan fingerprint density at radius 3 is 2.35 bits per heavy atom. The van der Waals surface area contributed by atoms with Gasteiger partial charge in [0.2, 0.25) is 0 Å². The van der Waals surface area contributed by atoms with Crippen LogP contribution in [-0.2, 0) is 19.6 Å². The Hall–Kier alpha value is -5.05. The van der Waals surface area contributed by atoms with Crippen molar-refractivity contribution in [2.75, 3.05) is 24.6 Å². The number of benzene rings is 3. The topological polar surface area (TPSA) is 114 Å². The van der Waals surface area contributed by atoms with Crippen LogP contribution >= 0.6 is 11.3 Å². The molecule has 1 fully saturated rings. The van der Waals surface area contributed by atoms with Gasteiger partial charge in [0.1, 0.15) is 42.8 Å². The van der Waals surface area contributed by atoms with E-state index in [9.17, 15) is 23.3 Å². The van der Waals surface area contributed by atoms with Crippen molar-refractivity contribution >= 4 is 32.5 Å². The van der Waals surface area contributed by atoms with Gasteiger partial charge in [-0.05, 0) is 83.7 Å². The highest BCUT2D eigenvalue weighted by Crippen LogP contribution is 2.35. The van der Waals surface area contributed by atoms with Gasteiger partial charge in [0.15, 0.2) is 5.13 Å². The van der Waals surface area contributed by atoms with E-state index in [0.717, 1.165) is 59.0 Å². The molecule has 2 aliphatic rings. The predicted octanol–water partition coefficient (Wildman–Crippen LogP) is 7.57. The number of thiazole rings is 1. The average Bonchev–Trinajstić information content (AvgIpc) is 3.72. The molecular formula is C34H32F3N5O6S. The molecule has 0 unspecified atom stereocenters. The zero-order valence-corrected chi connectivity index (χ0v) is 27.0. The van der Waals surface area contributed by atoms with Crippen LogP contribution in [0.15, 0.2) is 72.9 Å². The smallest absolute Gasteiger partial charge is 0.490 e. The number of nitrogens with zero attached hydrogens (tertiary/aromatic N) is 5. The minimum Gasteiger partial charge on any atom is -0.490 e. The Balaban J connectivity index is 0.859. The molecule has 1 saturated heterocycles. The second kappa shape index (κ2) is 13.8. The third-order valence-corrected chi connectivity index (χ3v) is 9.64. The van der Waals surface area contributed by atoms with E-state index < -0.39 is 11.3 Å². The number of piperidine rings is 1. The number of alkyl halides is 3. The molecule has 0 aliphatic carbocycles. The fourth-order valence-electron chi connectivity index (χ4n) is 5.98. The normalized spacial score (nSPS) is 16.6. The Kier molecular flexibility index (Phi) is 9.17. The van der Waals surface area contributed by atoms with Gasteiger partial charge in [-0.25, -0.2) is 4.98 Å². The summed E-state index contributed by atoms with van der Waals surface area (Å²) in [7, 11) is 0. The van der Waals surface area contributed by atoms with Gasteiger partial charge in [0.05, 0.1) is 10.2 Å². The summed E-state index contributed by atoms with van der Waals surface area (Å²) in [5, 5.41) is 12.0. The number of aromatic nitrogens is 3. The number of anilines is 1. The van der Waals surface area contributed by atoms with Crippen LogP contribution in [0.25, 0.3) is 10.2 Å². The first-order valence-corrected chi connectivity index (χ1v) is 16.7. The van der Waals surface area contributed by atoms with Crippen LogP contribution in [0.3, 0.4) is 0 Å². The van der Waals surface area contributed by atoms with Crippen LogP contribution in [0.4, 0.5) is 24.1 Å². The Morgan fingerprint density at radius 1 is 0.898 bits per heavy atom. The molecule has 2 aromatic heterocycles. The van der Waals surface area contributed by atoms with E-state index in [1.165, 1.54) is 23.9 Å². The van der Waals surface area contributed by atoms with Crippen molar-refractivity contribution in [2.45, 2.75) is 51.3 Å². The molecule has 49 heavy (non-hydrogen) atoms. The van der Waals surface area contributed by atoms with Crippen molar-refractivity contribution in [3.05, 3.63) is 94.2 Å². The summed E-state index contributed by atoms with van der Waals surface area (Å²) in [5.74, 6) is 1.49. The molecule has 256 valence electrons. The first-order valence-electron chi connectivity index (χ1n) is 15.9. The Bertz CT molecular complexity index is 1910. The van der Waals surface area contributed by atoms with E-state index >= 15 is 0 Å². The third kappa shape index (κ3) is 8.16. The monoisotopic (exact) mass is 695 g/mol. The molecule has 0 radical (unpaired) electrons. The summed E-state index contributed by atoms with van der Waals surface area (Å²) in [4.78, 5) is 21.6. The van der Waals surface area contributed by atoms with Crippen molar-refractivity contribution in [2.24, 2.45) is 5.92 Å². The van der Waals surface area contributed by atoms with Crippen LogP contribution in [0.5, 0.6) is 23.3 Å². The fourth-order valence-corrected chi connectivity index (χ4v) is 7.03. The molecular weight excluding hydrogens is 663 g/mol. The highest BCUT2D eigenvalue weighted by atomic mass is 32.1. The average molecular weight is 696 g/mol. The number of aryl methyl sites for hydroxylation is 1. The van der Waals surface area contributed by atoms with Crippen LogP contribution < -0.4 is 23.8 Å². The van der Waals surface area contributed by atoms with E-state index in [2.05, 4.69) is 26.8 Å². The first kappa shape index (κ1) is 32.5. The third-order valence-electron chi connectivity index (χ3n) is 8.56. The summed E-state index contributed by atoms with van der Waals surface area (Å²) < 4.78 is 61.4. The highest BCUT2D eigenvalue weighted by Gasteiger charge is 2.31. The molecule has 5 aromatic rings. The lowest BCUT2D eigenvalue weighted by Crippen LogP contribution is -2.34. The summed E-state index contributed by atoms with van der Waals surface area (Å²) in [6.45, 7) is 2.98. The number of ether oxygens (including phenoxy) is 4. The molecule has 0 amide bonds. The molecule has 1 atom stereocenters. The quantitative estimate of drug-likeness (QED) is 0.102. The van der Waals surface area contributed by atoms with E-state index in [1.54, 1.807) is 28.0 Å². The number of halogens is 3. The largest absolute Gasteiger partial charge is 0.573 e. The zero-order valence-electron chi connectivity index (χ0n) is 26.2. The van der Waals surface area contributed by atoms with Crippen LogP contribution in [0, 0.1) is 16.0 Å². The van der Waals surface area contributed by atoms with Gasteiger partial charge in [-0.1, -0.05) is 35.6 Å². The number of hydrogen-bond acceptors (Lipinski definition) is 10. The van der Waals surface area contributed by atoms with Crippen molar-refractivity contribution in [3.8, 4) is 23.3 Å². The molecule has 0 spiro atoms. The Labute approximate surface area is 283 Å². The number of rotatable bonds is 11. The molecule has 15 heteroatoms. The minimum atomic E-state index is -4.71. The number of fused-ring (bicyclic) bond motifs is 2. The molecule has 11 nitrogen and oxygen atoms in total. The van der Waals surface area contributed by atoms with E-state index in [4.69, 9.17) is 19.2 Å². The van der Waals surface area contributed by atoms with Crippen LogP contribution in [0.2, 0.25) is 0 Å². The molecule has 2 aliphatic heterocycles. The van der Waals surface area contributed by atoms with Crippen LogP contribution in [0.1, 0.15) is 30.4 Å². The summed E-state index contributed by atoms with van der Waals surface area (Å²) in [6.07, 6.45) is 0.169. The second-order valence-electron chi connectivity index (χ2n) is 12.1. The maximum absolute atomic E-state index is 12.4. The molecule has 0 bridgehead atoms. The molecule has 3 aromatic carbocycles. The molecule has 7 rings (SSSR count). The van der Waals surface area contributed by atoms with Gasteiger partial charge in [0.25, 0.3) is 0 Å². The first-order chi connectivity index (χ1) is 23.6. The maximum Gasteiger partial charge on any atom is 0.573 e. The highest BCUT2D eigenvalue weighted by molar-refractivity contribution is 7.22. The van der Waals surface area contributed by atoms with Gasteiger partial charge in [0, 0.05) is 31.0 Å². The fraction of sp³-hybridized carbons (Fsp3) is 0.353. The number of hydrogen-bond donors (Lipinski definition) is 0. The van der Waals surface area contributed by atoms with Gasteiger partial charge >= 0.3 is 18.2 Å². The second-order valence-corrected chi connectivity index (χ2v) is 13.1. The van der Waals surface area contributed by atoms with Gasteiger partial charge in [-0.3, -0.25) is 4.57 Å². The molecule has 4 heterocycles. The van der Waals surface area contributed by atoms with Crippen LogP contribution in [-0.4, -0.2) is 51.6 Å². The van der Waals surface area contributed by atoms with E-state index in [-0.39, 0.29) is 30.3 Å². The number of nitro groups is 1. The molecule has 0 N–H and O–H groups in total. The lowest BCUT2D eigenvalue weighted by atomic mass is 9.90. The van der Waals surface area contributed by atoms with Crippen molar-refractivity contribution in [1.29, 1.82) is 0 Å². The van der Waals surface area contributed by atoms with E-state index in [0.29, 0.717) is 31.2 Å². The SMILES string of the molecule is O=[N+]([O-])c1cn2c(n1)O[C@@H](COc1ccc3nc(N4CCC(Cc5ccc(OCc6ccc(OC(F)(F)F)cc6)cc5)CC4)sc3c1)CC2.